The van der Waals surface area contributed by atoms with Crippen molar-refractivity contribution in [2.24, 2.45) is 0 Å². The molecule has 2 rings (SSSR count). The minimum Gasteiger partial charge on any atom is -0.491 e. The topological polar surface area (TPSA) is 41.5 Å². The van der Waals surface area contributed by atoms with Crippen molar-refractivity contribution in [3.05, 3.63) is 30.3 Å². The van der Waals surface area contributed by atoms with Crippen molar-refractivity contribution >= 4 is 0 Å². The highest BCUT2D eigenvalue weighted by Crippen LogP contribution is 2.18. The van der Waals surface area contributed by atoms with Crippen LogP contribution in [0.1, 0.15) is 12.8 Å². The molecule has 1 aromatic rings. The monoisotopic (exact) mass is 207 g/mol. The normalized spacial score (nSPS) is 17.4. The number of aliphatic hydroxyl groups excluding tert-OH is 1. The third-order valence-corrected chi connectivity index (χ3v) is 2.41. The number of nitrogens with one attached hydrogen (secondary N) is 1. The van der Waals surface area contributed by atoms with E-state index in [1.165, 1.54) is 12.8 Å². The Morgan fingerprint density at radius 1 is 1.33 bits per heavy atom. The van der Waals surface area contributed by atoms with E-state index in [-0.39, 0.29) is 0 Å². The van der Waals surface area contributed by atoms with Gasteiger partial charge in [0.1, 0.15) is 18.5 Å². The SMILES string of the molecule is O[C@@H](CNC1CC1)COc1ccccc1. The molecule has 0 amide bonds. The Kier molecular flexibility index (Phi) is 3.59. The molecule has 1 aliphatic rings. The molecule has 0 saturated heterocycles. The molecule has 3 nitrogen and oxygen atoms in total. The minimum absolute atomic E-state index is 0.351. The highest BCUT2D eigenvalue weighted by atomic mass is 16.5. The van der Waals surface area contributed by atoms with Crippen molar-refractivity contribution in [1.82, 2.24) is 5.32 Å². The fraction of sp³-hybridized carbons (Fsp3) is 0.500. The van der Waals surface area contributed by atoms with Crippen molar-refractivity contribution in [2.45, 2.75) is 25.0 Å². The van der Waals surface area contributed by atoms with Crippen molar-refractivity contribution in [3.8, 4) is 5.75 Å². The molecule has 0 aliphatic heterocycles. The Balaban J connectivity index is 1.63. The zero-order valence-electron chi connectivity index (χ0n) is 8.73. The predicted octanol–water partition coefficient (Wildman–Crippen LogP) is 1.18. The molecule has 1 atom stereocenters. The molecule has 0 radical (unpaired) electrons. The molecule has 2 N–H and O–H groups in total. The Morgan fingerprint density at radius 2 is 2.07 bits per heavy atom. The molecule has 3 heteroatoms. The maximum Gasteiger partial charge on any atom is 0.119 e. The number of ether oxygens (including phenoxy) is 1. The van der Waals surface area contributed by atoms with Gasteiger partial charge in [-0.2, -0.15) is 0 Å². The number of rotatable bonds is 6. The zero-order valence-corrected chi connectivity index (χ0v) is 8.73. The van der Waals surface area contributed by atoms with Crippen molar-refractivity contribution in [2.75, 3.05) is 13.2 Å². The first-order chi connectivity index (χ1) is 7.34. The summed E-state index contributed by atoms with van der Waals surface area (Å²) in [4.78, 5) is 0. The van der Waals surface area contributed by atoms with E-state index in [4.69, 9.17) is 4.74 Å². The summed E-state index contributed by atoms with van der Waals surface area (Å²) in [5, 5.41) is 12.9. The first-order valence-electron chi connectivity index (χ1n) is 5.44. The van der Waals surface area contributed by atoms with E-state index in [1.807, 2.05) is 30.3 Å². The van der Waals surface area contributed by atoms with E-state index in [0.29, 0.717) is 19.2 Å². The zero-order chi connectivity index (χ0) is 10.5. The van der Waals surface area contributed by atoms with Crippen LogP contribution in [0, 0.1) is 0 Å². The minimum atomic E-state index is -0.425. The third-order valence-electron chi connectivity index (χ3n) is 2.41. The summed E-state index contributed by atoms with van der Waals surface area (Å²) in [6.07, 6.45) is 2.06. The van der Waals surface area contributed by atoms with Gasteiger partial charge in [-0.3, -0.25) is 0 Å². The Bertz CT molecular complexity index is 285. The quantitative estimate of drug-likeness (QED) is 0.736. The molecule has 15 heavy (non-hydrogen) atoms. The van der Waals surface area contributed by atoms with Gasteiger partial charge >= 0.3 is 0 Å². The third kappa shape index (κ3) is 3.90. The summed E-state index contributed by atoms with van der Waals surface area (Å²) in [6, 6.07) is 10.2. The molecule has 1 fully saturated rings. The highest BCUT2D eigenvalue weighted by Gasteiger charge is 2.21. The molecule has 1 saturated carbocycles. The first kappa shape index (κ1) is 10.5. The summed E-state index contributed by atoms with van der Waals surface area (Å²) in [6.45, 7) is 0.973. The lowest BCUT2D eigenvalue weighted by Gasteiger charge is -2.12. The van der Waals surface area contributed by atoms with Gasteiger partial charge < -0.3 is 15.2 Å². The Labute approximate surface area is 90.1 Å². The van der Waals surface area contributed by atoms with Crippen molar-refractivity contribution < 1.29 is 9.84 Å². The molecule has 1 aliphatic carbocycles. The largest absolute Gasteiger partial charge is 0.491 e. The second kappa shape index (κ2) is 5.14. The van der Waals surface area contributed by atoms with Gasteiger partial charge in [-0.25, -0.2) is 0 Å². The molecular weight excluding hydrogens is 190 g/mol. The Morgan fingerprint density at radius 3 is 2.73 bits per heavy atom. The van der Waals surface area contributed by atoms with Gasteiger partial charge in [0.25, 0.3) is 0 Å². The van der Waals surface area contributed by atoms with E-state index in [9.17, 15) is 5.11 Å². The number of aliphatic hydroxyl groups is 1. The van der Waals surface area contributed by atoms with E-state index >= 15 is 0 Å². The molecule has 0 spiro atoms. The van der Waals surface area contributed by atoms with Gasteiger partial charge in [0.15, 0.2) is 0 Å². The van der Waals surface area contributed by atoms with Gasteiger partial charge in [-0.15, -0.1) is 0 Å². The fourth-order valence-electron chi connectivity index (χ4n) is 1.36. The molecule has 0 aromatic heterocycles. The van der Waals surface area contributed by atoms with Crippen molar-refractivity contribution in [1.29, 1.82) is 0 Å². The number of hydrogen-bond donors (Lipinski definition) is 2. The Hall–Kier alpha value is -1.06. The second-order valence-electron chi connectivity index (χ2n) is 3.96. The van der Waals surface area contributed by atoms with E-state index in [1.54, 1.807) is 0 Å². The van der Waals surface area contributed by atoms with Crippen LogP contribution in [0.15, 0.2) is 30.3 Å². The summed E-state index contributed by atoms with van der Waals surface area (Å²) >= 11 is 0. The van der Waals surface area contributed by atoms with Gasteiger partial charge in [0.05, 0.1) is 0 Å². The molecular formula is C12H17NO2. The fourth-order valence-corrected chi connectivity index (χ4v) is 1.36. The summed E-state index contributed by atoms with van der Waals surface area (Å²) in [5.41, 5.74) is 0. The van der Waals surface area contributed by atoms with Crippen LogP contribution >= 0.6 is 0 Å². The lowest BCUT2D eigenvalue weighted by molar-refractivity contribution is 0.106. The van der Waals surface area contributed by atoms with Crippen LogP contribution in [0.2, 0.25) is 0 Å². The first-order valence-corrected chi connectivity index (χ1v) is 5.44. The van der Waals surface area contributed by atoms with E-state index in [2.05, 4.69) is 5.32 Å². The number of para-hydroxylation sites is 1. The van der Waals surface area contributed by atoms with Gasteiger partial charge in [0.2, 0.25) is 0 Å². The van der Waals surface area contributed by atoms with Crippen LogP contribution in [-0.2, 0) is 0 Å². The smallest absolute Gasteiger partial charge is 0.119 e. The highest BCUT2D eigenvalue weighted by molar-refractivity contribution is 5.20. The van der Waals surface area contributed by atoms with Crippen LogP contribution in [-0.4, -0.2) is 30.4 Å². The molecule has 82 valence electrons. The summed E-state index contributed by atoms with van der Waals surface area (Å²) in [5.74, 6) is 0.808. The maximum absolute atomic E-state index is 9.60. The van der Waals surface area contributed by atoms with Gasteiger partial charge in [-0.05, 0) is 25.0 Å². The predicted molar refractivity (Wildman–Crippen MR) is 59.0 cm³/mol. The lowest BCUT2D eigenvalue weighted by Crippen LogP contribution is -2.32. The van der Waals surface area contributed by atoms with Crippen LogP contribution in [0.25, 0.3) is 0 Å². The average Bonchev–Trinajstić information content (AvgIpc) is 3.09. The summed E-state index contributed by atoms with van der Waals surface area (Å²) in [7, 11) is 0. The van der Waals surface area contributed by atoms with Crippen LogP contribution < -0.4 is 10.1 Å². The number of benzene rings is 1. The van der Waals surface area contributed by atoms with E-state index < -0.39 is 6.10 Å². The van der Waals surface area contributed by atoms with E-state index in [0.717, 1.165) is 5.75 Å². The van der Waals surface area contributed by atoms with Gasteiger partial charge in [-0.1, -0.05) is 18.2 Å². The summed E-state index contributed by atoms with van der Waals surface area (Å²) < 4.78 is 5.43. The maximum atomic E-state index is 9.60. The molecule has 1 aromatic carbocycles. The molecule has 0 heterocycles. The van der Waals surface area contributed by atoms with Crippen LogP contribution in [0.4, 0.5) is 0 Å². The number of hydrogen-bond acceptors (Lipinski definition) is 3. The van der Waals surface area contributed by atoms with Crippen molar-refractivity contribution in [3.63, 3.8) is 0 Å². The lowest BCUT2D eigenvalue weighted by atomic mass is 10.3. The molecule has 0 bridgehead atoms. The average molecular weight is 207 g/mol. The van der Waals surface area contributed by atoms with Crippen LogP contribution in [0.5, 0.6) is 5.75 Å². The molecule has 0 unspecified atom stereocenters. The van der Waals surface area contributed by atoms with Crippen LogP contribution in [0.3, 0.4) is 0 Å². The van der Waals surface area contributed by atoms with Gasteiger partial charge in [0, 0.05) is 12.6 Å². The standard InChI is InChI=1S/C12H17NO2/c14-11(8-13-10-6-7-10)9-15-12-4-2-1-3-5-12/h1-5,10-11,13-14H,6-9H2/t11-/m0/s1. The second-order valence-corrected chi connectivity index (χ2v) is 3.96.